The number of hydrogen-bond acceptors (Lipinski definition) is 3. The van der Waals surface area contributed by atoms with Gasteiger partial charge in [-0.05, 0) is 36.8 Å². The topological polar surface area (TPSA) is 58.7 Å². The second kappa shape index (κ2) is 6.29. The molecular weight excluding hydrogens is 286 g/mol. The SMILES string of the molecule is Cc1ccc(Cn2c(-c3ccccn3)ccc(C#N)c2=O)cc1. The van der Waals surface area contributed by atoms with E-state index >= 15 is 0 Å². The van der Waals surface area contributed by atoms with Gasteiger partial charge in [-0.15, -0.1) is 0 Å². The molecule has 0 aliphatic heterocycles. The Morgan fingerprint density at radius 1 is 1.09 bits per heavy atom. The van der Waals surface area contributed by atoms with E-state index in [0.29, 0.717) is 17.9 Å². The number of benzene rings is 1. The van der Waals surface area contributed by atoms with Crippen molar-refractivity contribution < 1.29 is 0 Å². The highest BCUT2D eigenvalue weighted by Gasteiger charge is 2.11. The van der Waals surface area contributed by atoms with Crippen LogP contribution in [0.1, 0.15) is 16.7 Å². The van der Waals surface area contributed by atoms with Crippen LogP contribution in [0.25, 0.3) is 11.4 Å². The molecule has 112 valence electrons. The molecular formula is C19H15N3O. The molecule has 3 rings (SSSR count). The highest BCUT2D eigenvalue weighted by atomic mass is 16.1. The lowest BCUT2D eigenvalue weighted by molar-refractivity contribution is 0.762. The molecule has 4 heteroatoms. The molecule has 2 heterocycles. The molecule has 0 N–H and O–H groups in total. The number of hydrogen-bond donors (Lipinski definition) is 0. The van der Waals surface area contributed by atoms with Crippen molar-refractivity contribution >= 4 is 0 Å². The first-order valence-electron chi connectivity index (χ1n) is 7.30. The Bertz CT molecular complexity index is 920. The van der Waals surface area contributed by atoms with Crippen LogP contribution in [-0.4, -0.2) is 9.55 Å². The second-order valence-electron chi connectivity index (χ2n) is 5.34. The van der Waals surface area contributed by atoms with Crippen LogP contribution in [0.4, 0.5) is 0 Å². The van der Waals surface area contributed by atoms with Gasteiger partial charge in [0.1, 0.15) is 11.6 Å². The minimum Gasteiger partial charge on any atom is -0.301 e. The average Bonchev–Trinajstić information content (AvgIpc) is 2.59. The molecule has 0 aliphatic carbocycles. The lowest BCUT2D eigenvalue weighted by Gasteiger charge is -2.13. The molecule has 23 heavy (non-hydrogen) atoms. The molecule has 0 spiro atoms. The summed E-state index contributed by atoms with van der Waals surface area (Å²) in [5, 5.41) is 9.13. The zero-order valence-electron chi connectivity index (χ0n) is 12.7. The van der Waals surface area contributed by atoms with E-state index in [4.69, 9.17) is 5.26 Å². The largest absolute Gasteiger partial charge is 0.301 e. The van der Waals surface area contributed by atoms with Crippen LogP contribution in [0.15, 0.2) is 65.6 Å². The van der Waals surface area contributed by atoms with E-state index in [1.54, 1.807) is 22.9 Å². The van der Waals surface area contributed by atoms with Crippen LogP contribution in [0.5, 0.6) is 0 Å². The molecule has 0 saturated carbocycles. The minimum atomic E-state index is -0.295. The fraction of sp³-hybridized carbons (Fsp3) is 0.105. The van der Waals surface area contributed by atoms with E-state index in [-0.39, 0.29) is 11.1 Å². The Labute approximate surface area is 134 Å². The third-order valence-corrected chi connectivity index (χ3v) is 3.68. The van der Waals surface area contributed by atoms with Gasteiger partial charge in [-0.1, -0.05) is 35.9 Å². The highest BCUT2D eigenvalue weighted by molar-refractivity contribution is 5.55. The molecule has 2 aromatic heterocycles. The van der Waals surface area contributed by atoms with E-state index in [1.165, 1.54) is 0 Å². The number of pyridine rings is 2. The zero-order valence-corrected chi connectivity index (χ0v) is 12.7. The van der Waals surface area contributed by atoms with E-state index in [9.17, 15) is 4.79 Å². The van der Waals surface area contributed by atoms with Crippen molar-refractivity contribution in [1.29, 1.82) is 5.26 Å². The summed E-state index contributed by atoms with van der Waals surface area (Å²) in [5.41, 5.74) is 3.42. The van der Waals surface area contributed by atoms with Gasteiger partial charge in [0.15, 0.2) is 0 Å². The van der Waals surface area contributed by atoms with Crippen LogP contribution in [-0.2, 0) is 6.54 Å². The van der Waals surface area contributed by atoms with Crippen LogP contribution >= 0.6 is 0 Å². The molecule has 1 aromatic carbocycles. The predicted molar refractivity (Wildman–Crippen MR) is 88.9 cm³/mol. The van der Waals surface area contributed by atoms with Gasteiger partial charge in [-0.3, -0.25) is 9.78 Å². The van der Waals surface area contributed by atoms with E-state index < -0.39 is 0 Å². The van der Waals surface area contributed by atoms with Crippen molar-refractivity contribution in [1.82, 2.24) is 9.55 Å². The number of rotatable bonds is 3. The van der Waals surface area contributed by atoms with E-state index in [2.05, 4.69) is 4.98 Å². The Morgan fingerprint density at radius 2 is 1.87 bits per heavy atom. The van der Waals surface area contributed by atoms with E-state index in [1.807, 2.05) is 55.5 Å². The van der Waals surface area contributed by atoms with Crippen LogP contribution in [0.2, 0.25) is 0 Å². The van der Waals surface area contributed by atoms with Gasteiger partial charge in [0, 0.05) is 6.20 Å². The van der Waals surface area contributed by atoms with Crippen molar-refractivity contribution in [3.63, 3.8) is 0 Å². The summed E-state index contributed by atoms with van der Waals surface area (Å²) in [6, 6.07) is 18.8. The third kappa shape index (κ3) is 3.04. The highest BCUT2D eigenvalue weighted by Crippen LogP contribution is 2.17. The molecule has 0 saturated heterocycles. The number of nitriles is 1. The summed E-state index contributed by atoms with van der Waals surface area (Å²) in [7, 11) is 0. The summed E-state index contributed by atoms with van der Waals surface area (Å²) in [5.74, 6) is 0. The number of nitrogens with zero attached hydrogens (tertiary/aromatic N) is 3. The maximum atomic E-state index is 12.6. The van der Waals surface area contributed by atoms with Crippen LogP contribution in [0, 0.1) is 18.3 Å². The first-order chi connectivity index (χ1) is 11.2. The molecule has 0 bridgehead atoms. The predicted octanol–water partition coefficient (Wildman–Crippen LogP) is 3.14. The van der Waals surface area contributed by atoms with Gasteiger partial charge < -0.3 is 4.57 Å². The molecule has 0 aliphatic rings. The fourth-order valence-electron chi connectivity index (χ4n) is 2.43. The smallest absolute Gasteiger partial charge is 0.269 e. The van der Waals surface area contributed by atoms with Gasteiger partial charge in [-0.2, -0.15) is 5.26 Å². The Balaban J connectivity index is 2.14. The maximum Gasteiger partial charge on any atom is 0.269 e. The second-order valence-corrected chi connectivity index (χ2v) is 5.34. The van der Waals surface area contributed by atoms with Crippen LogP contribution in [0.3, 0.4) is 0 Å². The molecule has 0 fully saturated rings. The standard InChI is InChI=1S/C19H15N3O/c1-14-5-7-15(8-6-14)13-22-18(17-4-2-3-11-21-17)10-9-16(12-20)19(22)23/h2-11H,13H2,1H3. The van der Waals surface area contributed by atoms with Crippen molar-refractivity contribution in [3.8, 4) is 17.5 Å². The lowest BCUT2D eigenvalue weighted by Crippen LogP contribution is -2.24. The third-order valence-electron chi connectivity index (χ3n) is 3.68. The van der Waals surface area contributed by atoms with Gasteiger partial charge in [-0.25, -0.2) is 0 Å². The molecule has 0 atom stereocenters. The summed E-state index contributed by atoms with van der Waals surface area (Å²) in [6.45, 7) is 2.42. The number of aryl methyl sites for hydroxylation is 1. The molecule has 0 radical (unpaired) electrons. The zero-order chi connectivity index (χ0) is 16.2. The normalized spacial score (nSPS) is 10.3. The summed E-state index contributed by atoms with van der Waals surface area (Å²) in [4.78, 5) is 16.9. The summed E-state index contributed by atoms with van der Waals surface area (Å²) in [6.07, 6.45) is 1.69. The maximum absolute atomic E-state index is 12.6. The van der Waals surface area contributed by atoms with Crippen molar-refractivity contribution in [2.75, 3.05) is 0 Å². The fourth-order valence-corrected chi connectivity index (χ4v) is 2.43. The molecule has 3 aromatic rings. The van der Waals surface area contributed by atoms with Crippen molar-refractivity contribution in [2.45, 2.75) is 13.5 Å². The van der Waals surface area contributed by atoms with Gasteiger partial charge in [0.2, 0.25) is 0 Å². The van der Waals surface area contributed by atoms with Crippen LogP contribution < -0.4 is 5.56 Å². The van der Waals surface area contributed by atoms with Crippen molar-refractivity contribution in [2.24, 2.45) is 0 Å². The van der Waals surface area contributed by atoms with Gasteiger partial charge in [0.25, 0.3) is 5.56 Å². The Morgan fingerprint density at radius 3 is 2.52 bits per heavy atom. The van der Waals surface area contributed by atoms with Crippen molar-refractivity contribution in [3.05, 3.63) is 87.8 Å². The average molecular weight is 301 g/mol. The monoisotopic (exact) mass is 301 g/mol. The van der Waals surface area contributed by atoms with Gasteiger partial charge >= 0.3 is 0 Å². The van der Waals surface area contributed by atoms with E-state index in [0.717, 1.165) is 11.1 Å². The first-order valence-corrected chi connectivity index (χ1v) is 7.30. The first kappa shape index (κ1) is 14.7. The quantitative estimate of drug-likeness (QED) is 0.746. The molecule has 0 amide bonds. The minimum absolute atomic E-state index is 0.136. The Kier molecular flexibility index (Phi) is 4.03. The summed E-state index contributed by atoms with van der Waals surface area (Å²) < 4.78 is 1.60. The van der Waals surface area contributed by atoms with Gasteiger partial charge in [0.05, 0.1) is 17.9 Å². The summed E-state index contributed by atoms with van der Waals surface area (Å²) >= 11 is 0. The molecule has 0 unspecified atom stereocenters. The Hall–Kier alpha value is -3.19. The molecule has 4 nitrogen and oxygen atoms in total. The lowest BCUT2D eigenvalue weighted by atomic mass is 10.1. The number of aromatic nitrogens is 2.